The summed E-state index contributed by atoms with van der Waals surface area (Å²) in [5, 5.41) is 0. The highest BCUT2D eigenvalue weighted by atomic mass is 32.1. The first-order chi connectivity index (χ1) is 9.85. The summed E-state index contributed by atoms with van der Waals surface area (Å²) in [6.45, 7) is 2.60. The molecule has 1 heterocycles. The predicted molar refractivity (Wildman–Crippen MR) is 89.3 cm³/mol. The van der Waals surface area contributed by atoms with E-state index in [-0.39, 0.29) is 0 Å². The fourth-order valence-electron chi connectivity index (χ4n) is 4.17. The average Bonchev–Trinajstić information content (AvgIpc) is 2.56. The predicted octanol–water partition coefficient (Wildman–Crippen LogP) is 4.76. The molecule has 0 amide bonds. The van der Waals surface area contributed by atoms with Gasteiger partial charge in [0, 0.05) is 11.3 Å². The monoisotopic (exact) mass is 289 g/mol. The van der Waals surface area contributed by atoms with Gasteiger partial charge in [-0.25, -0.2) is 0 Å². The molecule has 1 nitrogen and oxygen atoms in total. The van der Waals surface area contributed by atoms with E-state index >= 15 is 0 Å². The number of piperidine rings is 1. The second kappa shape index (κ2) is 6.53. The third kappa shape index (κ3) is 2.78. The van der Waals surface area contributed by atoms with Crippen LogP contribution in [-0.2, 0) is 11.3 Å². The van der Waals surface area contributed by atoms with Crippen molar-refractivity contribution >= 4 is 12.6 Å². The van der Waals surface area contributed by atoms with Crippen LogP contribution >= 0.6 is 12.6 Å². The fourth-order valence-corrected chi connectivity index (χ4v) is 4.38. The molecule has 2 heteroatoms. The van der Waals surface area contributed by atoms with Crippen LogP contribution < -0.4 is 0 Å². The molecule has 0 spiro atoms. The van der Waals surface area contributed by atoms with Gasteiger partial charge < -0.3 is 0 Å². The number of hydrogen-bond donors (Lipinski definition) is 1. The van der Waals surface area contributed by atoms with E-state index in [1.165, 1.54) is 70.0 Å². The van der Waals surface area contributed by atoms with Crippen molar-refractivity contribution in [1.82, 2.24) is 4.90 Å². The van der Waals surface area contributed by atoms with E-state index < -0.39 is 0 Å². The zero-order chi connectivity index (χ0) is 13.8. The zero-order valence-corrected chi connectivity index (χ0v) is 13.4. The molecule has 20 heavy (non-hydrogen) atoms. The number of thiol groups is 1. The summed E-state index contributed by atoms with van der Waals surface area (Å²) in [6, 6.07) is 9.32. The molecule has 1 aromatic carbocycles. The van der Waals surface area contributed by atoms with Gasteiger partial charge in [-0.3, -0.25) is 4.90 Å². The van der Waals surface area contributed by atoms with Crippen molar-refractivity contribution in [3.05, 3.63) is 35.4 Å². The Labute approximate surface area is 129 Å². The van der Waals surface area contributed by atoms with Crippen LogP contribution in [0.4, 0.5) is 0 Å². The van der Waals surface area contributed by atoms with Crippen molar-refractivity contribution in [2.24, 2.45) is 0 Å². The van der Waals surface area contributed by atoms with Crippen LogP contribution in [0.25, 0.3) is 0 Å². The lowest BCUT2D eigenvalue weighted by Crippen LogP contribution is -2.49. The van der Waals surface area contributed by atoms with Gasteiger partial charge in [-0.15, -0.1) is 0 Å². The van der Waals surface area contributed by atoms with Gasteiger partial charge in [-0.05, 0) is 49.9 Å². The Morgan fingerprint density at radius 2 is 1.45 bits per heavy atom. The van der Waals surface area contributed by atoms with Gasteiger partial charge in [0.1, 0.15) is 0 Å². The normalized spacial score (nSPS) is 23.6. The number of benzene rings is 1. The Balaban J connectivity index is 1.90. The molecule has 0 unspecified atom stereocenters. The molecule has 0 N–H and O–H groups in total. The van der Waals surface area contributed by atoms with Crippen molar-refractivity contribution in [2.45, 2.75) is 62.7 Å². The first-order valence-corrected chi connectivity index (χ1v) is 8.94. The van der Waals surface area contributed by atoms with Crippen LogP contribution in [0.1, 0.15) is 62.5 Å². The molecule has 0 aromatic heterocycles. The summed E-state index contributed by atoms with van der Waals surface area (Å²) in [5.74, 6) is 0.844. The number of nitrogens with zero attached hydrogens (tertiary/aromatic N) is 1. The average molecular weight is 289 g/mol. The van der Waals surface area contributed by atoms with Crippen molar-refractivity contribution in [1.29, 1.82) is 0 Å². The summed E-state index contributed by atoms with van der Waals surface area (Å²) in [7, 11) is 0. The molecule has 1 aliphatic carbocycles. The molecule has 0 radical (unpaired) electrons. The molecule has 2 aliphatic rings. The summed E-state index contributed by atoms with van der Waals surface area (Å²) in [4.78, 5) is 2.81. The van der Waals surface area contributed by atoms with Gasteiger partial charge in [0.05, 0.1) is 0 Å². The fraction of sp³-hybridized carbons (Fsp3) is 0.667. The minimum atomic E-state index is 0.341. The van der Waals surface area contributed by atoms with Crippen molar-refractivity contribution in [2.75, 3.05) is 13.1 Å². The summed E-state index contributed by atoms with van der Waals surface area (Å²) >= 11 is 4.38. The maximum Gasteiger partial charge on any atom is 0.0460 e. The van der Waals surface area contributed by atoms with Crippen LogP contribution in [-0.4, -0.2) is 18.0 Å². The van der Waals surface area contributed by atoms with E-state index in [1.807, 2.05) is 0 Å². The quantitative estimate of drug-likeness (QED) is 0.785. The van der Waals surface area contributed by atoms with Crippen LogP contribution in [0.15, 0.2) is 24.3 Å². The van der Waals surface area contributed by atoms with E-state index in [1.54, 1.807) is 5.56 Å². The molecule has 0 bridgehead atoms. The third-order valence-corrected chi connectivity index (χ3v) is 5.68. The lowest BCUT2D eigenvalue weighted by Gasteiger charge is -2.49. The maximum absolute atomic E-state index is 4.38. The Morgan fingerprint density at radius 3 is 2.05 bits per heavy atom. The highest BCUT2D eigenvalue weighted by molar-refractivity contribution is 7.79. The Hall–Kier alpha value is -0.470. The van der Waals surface area contributed by atoms with E-state index in [9.17, 15) is 0 Å². The topological polar surface area (TPSA) is 3.24 Å². The standard InChI is InChI=1S/C18H27NS/c20-15-16-7-9-17(10-8-16)18(11-3-1-4-12-18)19-13-5-2-6-14-19/h7-10,20H,1-6,11-15H2. The largest absolute Gasteiger partial charge is 0.294 e. The molecule has 1 saturated heterocycles. The van der Waals surface area contributed by atoms with Crippen LogP contribution in [0.3, 0.4) is 0 Å². The molecule has 110 valence electrons. The van der Waals surface area contributed by atoms with E-state index in [4.69, 9.17) is 0 Å². The van der Waals surface area contributed by atoms with Gasteiger partial charge in [0.2, 0.25) is 0 Å². The maximum atomic E-state index is 4.38. The number of likely N-dealkylation sites (tertiary alicyclic amines) is 1. The van der Waals surface area contributed by atoms with Gasteiger partial charge in [-0.2, -0.15) is 12.6 Å². The van der Waals surface area contributed by atoms with Crippen LogP contribution in [0.2, 0.25) is 0 Å². The molecule has 3 rings (SSSR count). The number of hydrogen-bond acceptors (Lipinski definition) is 2. The Kier molecular flexibility index (Phi) is 4.72. The van der Waals surface area contributed by atoms with Crippen LogP contribution in [0, 0.1) is 0 Å². The molecule has 0 atom stereocenters. The number of rotatable bonds is 3. The Morgan fingerprint density at radius 1 is 0.850 bits per heavy atom. The van der Waals surface area contributed by atoms with Crippen molar-refractivity contribution in [3.8, 4) is 0 Å². The third-order valence-electron chi connectivity index (χ3n) is 5.32. The summed E-state index contributed by atoms with van der Waals surface area (Å²) in [6.07, 6.45) is 11.1. The van der Waals surface area contributed by atoms with E-state index in [0.29, 0.717) is 5.54 Å². The van der Waals surface area contributed by atoms with Crippen molar-refractivity contribution in [3.63, 3.8) is 0 Å². The van der Waals surface area contributed by atoms with Gasteiger partial charge >= 0.3 is 0 Å². The zero-order valence-electron chi connectivity index (χ0n) is 12.5. The molecular weight excluding hydrogens is 262 g/mol. The lowest BCUT2D eigenvalue weighted by atomic mass is 9.74. The summed E-state index contributed by atoms with van der Waals surface area (Å²) in [5.41, 5.74) is 3.24. The smallest absolute Gasteiger partial charge is 0.0460 e. The van der Waals surface area contributed by atoms with Crippen LogP contribution in [0.5, 0.6) is 0 Å². The first-order valence-electron chi connectivity index (χ1n) is 8.30. The molecule has 1 aromatic rings. The lowest BCUT2D eigenvalue weighted by molar-refractivity contribution is 0.0303. The van der Waals surface area contributed by atoms with Crippen molar-refractivity contribution < 1.29 is 0 Å². The molecule has 1 saturated carbocycles. The molecule has 1 aliphatic heterocycles. The first kappa shape index (κ1) is 14.5. The second-order valence-electron chi connectivity index (χ2n) is 6.49. The minimum absolute atomic E-state index is 0.341. The SMILES string of the molecule is SCc1ccc(C2(N3CCCCC3)CCCCC2)cc1. The van der Waals surface area contributed by atoms with E-state index in [2.05, 4.69) is 41.8 Å². The molecular formula is C18H27NS. The highest BCUT2D eigenvalue weighted by Crippen LogP contribution is 2.43. The Bertz CT molecular complexity index is 414. The molecule has 2 fully saturated rings. The minimum Gasteiger partial charge on any atom is -0.294 e. The van der Waals surface area contributed by atoms with Gasteiger partial charge in [-0.1, -0.05) is 49.9 Å². The highest BCUT2D eigenvalue weighted by Gasteiger charge is 2.39. The second-order valence-corrected chi connectivity index (χ2v) is 6.81. The summed E-state index contributed by atoms with van der Waals surface area (Å²) < 4.78 is 0. The van der Waals surface area contributed by atoms with Gasteiger partial charge in [0.25, 0.3) is 0 Å². The van der Waals surface area contributed by atoms with Gasteiger partial charge in [0.15, 0.2) is 0 Å². The van der Waals surface area contributed by atoms with E-state index in [0.717, 1.165) is 5.75 Å².